The molecule has 0 atom stereocenters. The first-order chi connectivity index (χ1) is 9.66. The summed E-state index contributed by atoms with van der Waals surface area (Å²) in [6.07, 6.45) is 2.64. The van der Waals surface area contributed by atoms with Crippen molar-refractivity contribution in [1.82, 2.24) is 0 Å². The van der Waals surface area contributed by atoms with Crippen LogP contribution >= 0.6 is 23.2 Å². The molecule has 0 aliphatic heterocycles. The van der Waals surface area contributed by atoms with Crippen LogP contribution in [0.2, 0.25) is 10.0 Å². The molecule has 2 aromatic carbocycles. The fraction of sp³-hybridized carbons (Fsp3) is 0.235. The zero-order chi connectivity index (χ0) is 14.4. The molecule has 3 heteroatoms. The number of hydrogen-bond donors (Lipinski definition) is 0. The molecule has 0 aliphatic rings. The third-order valence-electron chi connectivity index (χ3n) is 3.20. The average molecular weight is 307 g/mol. The van der Waals surface area contributed by atoms with Crippen LogP contribution < -0.4 is 0 Å². The van der Waals surface area contributed by atoms with Crippen molar-refractivity contribution in [2.45, 2.75) is 25.7 Å². The van der Waals surface area contributed by atoms with E-state index in [4.69, 9.17) is 23.2 Å². The minimum absolute atomic E-state index is 0.177. The van der Waals surface area contributed by atoms with E-state index >= 15 is 0 Å². The van der Waals surface area contributed by atoms with Crippen LogP contribution in [-0.2, 0) is 17.6 Å². The Morgan fingerprint density at radius 2 is 1.55 bits per heavy atom. The fourth-order valence-electron chi connectivity index (χ4n) is 2.12. The van der Waals surface area contributed by atoms with Gasteiger partial charge in [0.15, 0.2) is 0 Å². The number of carbonyl (C=O) groups is 1. The van der Waals surface area contributed by atoms with Gasteiger partial charge in [0.05, 0.1) is 0 Å². The summed E-state index contributed by atoms with van der Waals surface area (Å²) in [6.45, 7) is 0. The fourth-order valence-corrected chi connectivity index (χ4v) is 2.65. The van der Waals surface area contributed by atoms with Gasteiger partial charge in [-0.05, 0) is 36.1 Å². The predicted molar refractivity (Wildman–Crippen MR) is 84.6 cm³/mol. The molecule has 1 nitrogen and oxygen atoms in total. The second kappa shape index (κ2) is 7.47. The van der Waals surface area contributed by atoms with Crippen molar-refractivity contribution < 1.29 is 4.79 Å². The Balaban J connectivity index is 1.84. The van der Waals surface area contributed by atoms with Crippen LogP contribution in [0.4, 0.5) is 0 Å². The van der Waals surface area contributed by atoms with Gasteiger partial charge in [0, 0.05) is 22.9 Å². The van der Waals surface area contributed by atoms with Crippen LogP contribution in [0.1, 0.15) is 24.0 Å². The minimum atomic E-state index is 0.177. The first kappa shape index (κ1) is 15.1. The third kappa shape index (κ3) is 4.36. The van der Waals surface area contributed by atoms with Crippen LogP contribution in [0.15, 0.2) is 48.5 Å². The lowest BCUT2D eigenvalue weighted by molar-refractivity contribution is -0.118. The zero-order valence-electron chi connectivity index (χ0n) is 11.1. The van der Waals surface area contributed by atoms with Crippen LogP contribution in [0.3, 0.4) is 0 Å². The van der Waals surface area contributed by atoms with Gasteiger partial charge in [-0.25, -0.2) is 0 Å². The molecule has 2 aromatic rings. The summed E-state index contributed by atoms with van der Waals surface area (Å²) in [5.74, 6) is 0.177. The highest BCUT2D eigenvalue weighted by molar-refractivity contribution is 6.36. The zero-order valence-corrected chi connectivity index (χ0v) is 12.6. The number of Topliss-reactive ketones (excluding diaryl/α,β-unsaturated/α-hetero) is 1. The molecule has 20 heavy (non-hydrogen) atoms. The van der Waals surface area contributed by atoms with Crippen LogP contribution in [0.5, 0.6) is 0 Å². The summed E-state index contributed by atoms with van der Waals surface area (Å²) in [6, 6.07) is 15.5. The number of ketones is 1. The van der Waals surface area contributed by atoms with E-state index in [1.165, 1.54) is 5.56 Å². The largest absolute Gasteiger partial charge is 0.299 e. The first-order valence-corrected chi connectivity index (χ1v) is 7.41. The van der Waals surface area contributed by atoms with E-state index < -0.39 is 0 Å². The number of benzene rings is 2. The van der Waals surface area contributed by atoms with Gasteiger partial charge in [-0.3, -0.25) is 4.79 Å². The molecule has 2 rings (SSSR count). The van der Waals surface area contributed by atoms with Gasteiger partial charge in [-0.1, -0.05) is 59.6 Å². The Morgan fingerprint density at radius 3 is 2.20 bits per heavy atom. The van der Waals surface area contributed by atoms with Crippen LogP contribution in [-0.4, -0.2) is 5.78 Å². The molecule has 0 N–H and O–H groups in total. The van der Waals surface area contributed by atoms with Crippen molar-refractivity contribution in [2.75, 3.05) is 0 Å². The summed E-state index contributed by atoms with van der Waals surface area (Å²) in [7, 11) is 0. The highest BCUT2D eigenvalue weighted by Crippen LogP contribution is 2.25. The molecule has 0 unspecified atom stereocenters. The smallest absolute Gasteiger partial charge is 0.137 e. The van der Waals surface area contributed by atoms with Crippen molar-refractivity contribution >= 4 is 29.0 Å². The molecule has 0 amide bonds. The molecule has 0 bridgehead atoms. The molecule has 0 fully saturated rings. The molecule has 0 radical (unpaired) electrons. The Bertz CT molecular complexity index is 559. The standard InChI is InChI=1S/C17H16Cl2O/c18-16-10-5-11-17(19)15(16)12-14(20)9-4-8-13-6-2-1-3-7-13/h1-3,5-7,10-11H,4,8-9,12H2. The molecule has 0 aromatic heterocycles. The number of hydrogen-bond acceptors (Lipinski definition) is 1. The van der Waals surface area contributed by atoms with E-state index in [2.05, 4.69) is 12.1 Å². The van der Waals surface area contributed by atoms with Gasteiger partial charge in [0.25, 0.3) is 0 Å². The van der Waals surface area contributed by atoms with Crippen molar-refractivity contribution in [1.29, 1.82) is 0 Å². The molecule has 0 saturated heterocycles. The van der Waals surface area contributed by atoms with E-state index in [1.807, 2.05) is 18.2 Å². The third-order valence-corrected chi connectivity index (χ3v) is 3.91. The summed E-state index contributed by atoms with van der Waals surface area (Å²) in [5, 5.41) is 1.13. The highest BCUT2D eigenvalue weighted by atomic mass is 35.5. The van der Waals surface area contributed by atoms with Gasteiger partial charge in [-0.15, -0.1) is 0 Å². The lowest BCUT2D eigenvalue weighted by atomic mass is 10.0. The Morgan fingerprint density at radius 1 is 0.900 bits per heavy atom. The van der Waals surface area contributed by atoms with Gasteiger partial charge < -0.3 is 0 Å². The average Bonchev–Trinajstić information content (AvgIpc) is 2.44. The maximum absolute atomic E-state index is 12.0. The monoisotopic (exact) mass is 306 g/mol. The molecule has 0 saturated carbocycles. The molecule has 0 heterocycles. The van der Waals surface area contributed by atoms with Crippen LogP contribution in [0, 0.1) is 0 Å². The van der Waals surface area contributed by atoms with Gasteiger partial charge in [0.1, 0.15) is 5.78 Å². The van der Waals surface area contributed by atoms with Crippen molar-refractivity contribution in [3.63, 3.8) is 0 Å². The quantitative estimate of drug-likeness (QED) is 0.723. The lowest BCUT2D eigenvalue weighted by Crippen LogP contribution is -2.04. The molecule has 0 aliphatic carbocycles. The van der Waals surface area contributed by atoms with E-state index in [-0.39, 0.29) is 5.78 Å². The van der Waals surface area contributed by atoms with Crippen molar-refractivity contribution in [3.05, 3.63) is 69.7 Å². The van der Waals surface area contributed by atoms with Gasteiger partial charge in [-0.2, -0.15) is 0 Å². The summed E-state index contributed by atoms with van der Waals surface area (Å²) in [4.78, 5) is 12.0. The Kier molecular flexibility index (Phi) is 5.63. The minimum Gasteiger partial charge on any atom is -0.299 e. The van der Waals surface area contributed by atoms with Crippen LogP contribution in [0.25, 0.3) is 0 Å². The highest BCUT2D eigenvalue weighted by Gasteiger charge is 2.10. The molecular weight excluding hydrogens is 291 g/mol. The molecule has 0 spiro atoms. The Labute approximate surface area is 129 Å². The van der Waals surface area contributed by atoms with E-state index in [0.717, 1.165) is 18.4 Å². The Hall–Kier alpha value is -1.31. The van der Waals surface area contributed by atoms with Gasteiger partial charge >= 0.3 is 0 Å². The SMILES string of the molecule is O=C(CCCc1ccccc1)Cc1c(Cl)cccc1Cl. The van der Waals surface area contributed by atoms with E-state index in [9.17, 15) is 4.79 Å². The van der Waals surface area contributed by atoms with Crippen molar-refractivity contribution in [2.24, 2.45) is 0 Å². The number of halogens is 2. The molecular formula is C17H16Cl2O. The van der Waals surface area contributed by atoms with E-state index in [0.29, 0.717) is 22.9 Å². The topological polar surface area (TPSA) is 17.1 Å². The number of carbonyl (C=O) groups excluding carboxylic acids is 1. The van der Waals surface area contributed by atoms with E-state index in [1.54, 1.807) is 18.2 Å². The normalized spacial score (nSPS) is 10.5. The predicted octanol–water partition coefficient (Wildman–Crippen LogP) is 5.13. The second-order valence-electron chi connectivity index (χ2n) is 4.75. The maximum Gasteiger partial charge on any atom is 0.137 e. The summed E-state index contributed by atoms with van der Waals surface area (Å²) in [5.41, 5.74) is 2.00. The van der Waals surface area contributed by atoms with Crippen molar-refractivity contribution in [3.8, 4) is 0 Å². The number of rotatable bonds is 6. The first-order valence-electron chi connectivity index (χ1n) is 6.65. The number of aryl methyl sites for hydroxylation is 1. The second-order valence-corrected chi connectivity index (χ2v) is 5.57. The molecule has 104 valence electrons. The maximum atomic E-state index is 12.0. The summed E-state index contributed by atoms with van der Waals surface area (Å²) >= 11 is 12.1. The van der Waals surface area contributed by atoms with Gasteiger partial charge in [0.2, 0.25) is 0 Å². The lowest BCUT2D eigenvalue weighted by Gasteiger charge is -2.06. The summed E-state index contributed by atoms with van der Waals surface area (Å²) < 4.78 is 0.